The van der Waals surface area contributed by atoms with Crippen molar-refractivity contribution >= 4 is 17.6 Å². The van der Waals surface area contributed by atoms with Crippen molar-refractivity contribution in [1.82, 2.24) is 15.1 Å². The number of para-hydroxylation sites is 2. The highest BCUT2D eigenvalue weighted by molar-refractivity contribution is 5.95. The number of carbonyl (C=O) groups excluding carboxylic acids is 1. The molecule has 1 amide bonds. The van der Waals surface area contributed by atoms with Gasteiger partial charge in [-0.25, -0.2) is 4.79 Å². The first-order valence-corrected chi connectivity index (χ1v) is 8.04. The molecule has 1 aromatic heterocycles. The lowest BCUT2D eigenvalue weighted by molar-refractivity contribution is 0.0689. The number of hydrogen-bond acceptors (Lipinski definition) is 5. The fourth-order valence-corrected chi connectivity index (χ4v) is 2.90. The second kappa shape index (κ2) is 6.84. The maximum absolute atomic E-state index is 12.4. The molecule has 8 nitrogen and oxygen atoms in total. The molecule has 3 rings (SSSR count). The molecule has 0 radical (unpaired) electrons. The number of benzene rings is 1. The zero-order chi connectivity index (χ0) is 18.0. The molecule has 0 fully saturated rings. The van der Waals surface area contributed by atoms with Gasteiger partial charge in [-0.3, -0.25) is 9.89 Å². The highest BCUT2D eigenvalue weighted by Crippen LogP contribution is 2.32. The van der Waals surface area contributed by atoms with Crippen LogP contribution in [0.4, 0.5) is 5.69 Å². The van der Waals surface area contributed by atoms with Crippen LogP contribution in [0.1, 0.15) is 27.9 Å². The number of carboxylic acids is 1. The van der Waals surface area contributed by atoms with Crippen LogP contribution in [0.3, 0.4) is 0 Å². The largest absolute Gasteiger partial charge is 0.485 e. The molecule has 8 heteroatoms. The lowest BCUT2D eigenvalue weighted by Gasteiger charge is -2.37. The summed E-state index contributed by atoms with van der Waals surface area (Å²) in [6.45, 7) is 3.96. The molecule has 0 saturated heterocycles. The number of aromatic carboxylic acids is 1. The Kier molecular flexibility index (Phi) is 4.60. The third-order valence-electron chi connectivity index (χ3n) is 4.16. The van der Waals surface area contributed by atoms with Crippen LogP contribution in [0.2, 0.25) is 0 Å². The molecule has 0 saturated carbocycles. The average molecular weight is 344 g/mol. The number of aromatic nitrogens is 2. The van der Waals surface area contributed by atoms with E-state index in [0.717, 1.165) is 18.0 Å². The van der Waals surface area contributed by atoms with Crippen LogP contribution < -0.4 is 9.64 Å². The van der Waals surface area contributed by atoms with E-state index in [-0.39, 0.29) is 23.4 Å². The van der Waals surface area contributed by atoms with Crippen molar-refractivity contribution in [2.75, 3.05) is 31.6 Å². The lowest BCUT2D eigenvalue weighted by atomic mass is 10.1. The summed E-state index contributed by atoms with van der Waals surface area (Å²) in [6.07, 6.45) is -0.179. The molecule has 0 spiro atoms. The number of ether oxygens (including phenoxy) is 1. The Morgan fingerprint density at radius 2 is 2.20 bits per heavy atom. The summed E-state index contributed by atoms with van der Waals surface area (Å²) < 4.78 is 6.01. The van der Waals surface area contributed by atoms with Gasteiger partial charge >= 0.3 is 5.97 Å². The van der Waals surface area contributed by atoms with Gasteiger partial charge in [-0.15, -0.1) is 0 Å². The molecular formula is C17H20N4O4. The Balaban J connectivity index is 1.69. The third-order valence-corrected chi connectivity index (χ3v) is 4.16. The van der Waals surface area contributed by atoms with Crippen molar-refractivity contribution in [3.05, 3.63) is 41.7 Å². The second-order valence-electron chi connectivity index (χ2n) is 5.90. The van der Waals surface area contributed by atoms with Gasteiger partial charge in [-0.2, -0.15) is 5.10 Å². The first-order chi connectivity index (χ1) is 12.0. The zero-order valence-corrected chi connectivity index (χ0v) is 14.1. The van der Waals surface area contributed by atoms with E-state index in [4.69, 9.17) is 9.84 Å². The minimum Gasteiger partial charge on any atom is -0.485 e. The van der Waals surface area contributed by atoms with E-state index in [0.29, 0.717) is 13.1 Å². The summed E-state index contributed by atoms with van der Waals surface area (Å²) in [7, 11) is 1.65. The van der Waals surface area contributed by atoms with E-state index in [1.807, 2.05) is 24.3 Å². The summed E-state index contributed by atoms with van der Waals surface area (Å²) in [5.74, 6) is -0.705. The monoisotopic (exact) mass is 344 g/mol. The predicted molar refractivity (Wildman–Crippen MR) is 91.3 cm³/mol. The van der Waals surface area contributed by atoms with E-state index in [1.165, 1.54) is 11.0 Å². The van der Waals surface area contributed by atoms with E-state index in [1.54, 1.807) is 7.05 Å². The summed E-state index contributed by atoms with van der Waals surface area (Å²) in [4.78, 5) is 27.0. The average Bonchev–Trinajstić information content (AvgIpc) is 3.10. The molecule has 2 heterocycles. The van der Waals surface area contributed by atoms with Crippen LogP contribution >= 0.6 is 0 Å². The summed E-state index contributed by atoms with van der Waals surface area (Å²) in [5, 5.41) is 15.0. The summed E-state index contributed by atoms with van der Waals surface area (Å²) >= 11 is 0. The SMILES string of the molecule is CCN1CC(CN(C)C(=O)c2cc(C(=O)O)[nH]n2)Oc2ccccc21. The van der Waals surface area contributed by atoms with Gasteiger partial charge in [-0.1, -0.05) is 12.1 Å². The minimum atomic E-state index is -1.15. The Bertz CT molecular complexity index is 788. The molecule has 2 N–H and O–H groups in total. The molecule has 25 heavy (non-hydrogen) atoms. The molecule has 1 aromatic carbocycles. The van der Waals surface area contributed by atoms with Crippen molar-refractivity contribution in [2.45, 2.75) is 13.0 Å². The predicted octanol–water partition coefficient (Wildman–Crippen LogP) is 1.47. The third kappa shape index (κ3) is 3.42. The number of nitrogens with zero attached hydrogens (tertiary/aromatic N) is 3. The quantitative estimate of drug-likeness (QED) is 0.852. The smallest absolute Gasteiger partial charge is 0.353 e. The molecule has 1 atom stereocenters. The molecule has 0 bridgehead atoms. The van der Waals surface area contributed by atoms with Crippen LogP contribution in [0, 0.1) is 0 Å². The van der Waals surface area contributed by atoms with Gasteiger partial charge in [0.2, 0.25) is 0 Å². The molecule has 1 unspecified atom stereocenters. The van der Waals surface area contributed by atoms with E-state index >= 15 is 0 Å². The van der Waals surface area contributed by atoms with Crippen molar-refractivity contribution in [2.24, 2.45) is 0 Å². The first-order valence-electron chi connectivity index (χ1n) is 8.04. The Morgan fingerprint density at radius 1 is 1.44 bits per heavy atom. The van der Waals surface area contributed by atoms with Gasteiger partial charge in [0.25, 0.3) is 5.91 Å². The number of carbonyl (C=O) groups is 2. The van der Waals surface area contributed by atoms with Crippen molar-refractivity contribution in [1.29, 1.82) is 0 Å². The molecule has 2 aromatic rings. The topological polar surface area (TPSA) is 98.8 Å². The first kappa shape index (κ1) is 16.8. The van der Waals surface area contributed by atoms with Gasteiger partial charge in [-0.05, 0) is 19.1 Å². The van der Waals surface area contributed by atoms with Gasteiger partial charge in [0.15, 0.2) is 5.69 Å². The van der Waals surface area contributed by atoms with Crippen molar-refractivity contribution < 1.29 is 19.4 Å². The van der Waals surface area contributed by atoms with E-state index < -0.39 is 5.97 Å². The van der Waals surface area contributed by atoms with Gasteiger partial charge in [0, 0.05) is 19.7 Å². The fourth-order valence-electron chi connectivity index (χ4n) is 2.90. The molecule has 0 aliphatic carbocycles. The number of anilines is 1. The van der Waals surface area contributed by atoms with Gasteiger partial charge in [0.05, 0.1) is 18.8 Å². The van der Waals surface area contributed by atoms with Crippen LogP contribution in [-0.2, 0) is 0 Å². The van der Waals surface area contributed by atoms with Crippen LogP contribution in [0.15, 0.2) is 30.3 Å². The number of rotatable bonds is 5. The normalized spacial score (nSPS) is 16.1. The second-order valence-corrected chi connectivity index (χ2v) is 5.90. The molecule has 1 aliphatic rings. The summed E-state index contributed by atoms with van der Waals surface area (Å²) in [6, 6.07) is 9.05. The maximum Gasteiger partial charge on any atom is 0.353 e. The van der Waals surface area contributed by atoms with E-state index in [9.17, 15) is 9.59 Å². The minimum absolute atomic E-state index is 0.0726. The zero-order valence-electron chi connectivity index (χ0n) is 14.1. The van der Waals surface area contributed by atoms with Gasteiger partial charge < -0.3 is 19.6 Å². The van der Waals surface area contributed by atoms with Crippen LogP contribution in [0.25, 0.3) is 0 Å². The Labute approximate surface area is 145 Å². The number of fused-ring (bicyclic) bond motifs is 1. The van der Waals surface area contributed by atoms with Crippen LogP contribution in [0.5, 0.6) is 5.75 Å². The number of nitrogens with one attached hydrogen (secondary N) is 1. The molecular weight excluding hydrogens is 324 g/mol. The standard InChI is InChI=1S/C17H20N4O4/c1-3-21-10-11(25-15-7-5-4-6-14(15)21)9-20(2)16(22)12-8-13(17(23)24)19-18-12/h4-8,11H,3,9-10H2,1-2H3,(H,18,19)(H,23,24). The maximum atomic E-state index is 12.4. The molecule has 132 valence electrons. The highest BCUT2D eigenvalue weighted by atomic mass is 16.5. The number of amides is 1. The number of hydrogen-bond donors (Lipinski definition) is 2. The van der Waals surface area contributed by atoms with Gasteiger partial charge in [0.1, 0.15) is 17.5 Å². The number of H-pyrrole nitrogens is 1. The number of likely N-dealkylation sites (N-methyl/N-ethyl adjacent to an activating group) is 2. The molecule has 1 aliphatic heterocycles. The number of carboxylic acid groups (broad SMARTS) is 1. The summed E-state index contributed by atoms with van der Waals surface area (Å²) in [5.41, 5.74) is 1.01. The fraction of sp³-hybridized carbons (Fsp3) is 0.353. The lowest BCUT2D eigenvalue weighted by Crippen LogP contribution is -2.46. The van der Waals surface area contributed by atoms with E-state index in [2.05, 4.69) is 22.0 Å². The van der Waals surface area contributed by atoms with Crippen LogP contribution in [-0.4, -0.2) is 64.9 Å². The van der Waals surface area contributed by atoms with Crippen molar-refractivity contribution in [3.63, 3.8) is 0 Å². The number of aromatic amines is 1. The van der Waals surface area contributed by atoms with Crippen molar-refractivity contribution in [3.8, 4) is 5.75 Å². The Morgan fingerprint density at radius 3 is 2.88 bits per heavy atom. The Hall–Kier alpha value is -3.03. The highest BCUT2D eigenvalue weighted by Gasteiger charge is 2.27.